The molecule has 5 nitrogen and oxygen atoms in total. The van der Waals surface area contributed by atoms with Crippen LogP contribution >= 0.6 is 0 Å². The monoisotopic (exact) mass is 374 g/mol. The first-order valence-electron chi connectivity index (χ1n) is 10.1. The Labute approximate surface area is 166 Å². The van der Waals surface area contributed by atoms with Crippen molar-refractivity contribution in [2.24, 2.45) is 0 Å². The van der Waals surface area contributed by atoms with E-state index in [1.807, 2.05) is 13.8 Å². The lowest BCUT2D eigenvalue weighted by molar-refractivity contribution is 0.0792. The van der Waals surface area contributed by atoms with E-state index in [1.54, 1.807) is 0 Å². The highest BCUT2D eigenvalue weighted by molar-refractivity contribution is 5.70. The molecule has 1 saturated heterocycles. The van der Waals surface area contributed by atoms with Gasteiger partial charge in [-0.1, -0.05) is 12.1 Å². The molecule has 4 heterocycles. The Bertz CT molecular complexity index is 1010. The number of hydrogen-bond donors (Lipinski definition) is 0. The molecule has 0 saturated carbocycles. The fraction of sp³-hybridized carbons (Fsp3) is 0.391. The Morgan fingerprint density at radius 1 is 1.04 bits per heavy atom. The highest BCUT2D eigenvalue weighted by atomic mass is 16.5. The molecule has 5 heteroatoms. The average Bonchev–Trinajstić information content (AvgIpc) is 3.14. The van der Waals surface area contributed by atoms with Crippen LogP contribution in [0.1, 0.15) is 41.4 Å². The van der Waals surface area contributed by atoms with Gasteiger partial charge < -0.3 is 9.64 Å². The summed E-state index contributed by atoms with van der Waals surface area (Å²) in [6.07, 6.45) is 2.27. The zero-order valence-electron chi connectivity index (χ0n) is 16.8. The number of fused-ring (bicyclic) bond motifs is 3. The van der Waals surface area contributed by atoms with Crippen molar-refractivity contribution in [3.63, 3.8) is 0 Å². The summed E-state index contributed by atoms with van der Waals surface area (Å²) in [5, 5.41) is 5.02. The molecular weight excluding hydrogens is 348 g/mol. The van der Waals surface area contributed by atoms with Crippen molar-refractivity contribution in [2.75, 3.05) is 25.2 Å². The third-order valence-electron chi connectivity index (χ3n) is 5.81. The lowest BCUT2D eigenvalue weighted by Gasteiger charge is -2.28. The number of benzene rings is 1. The first-order chi connectivity index (χ1) is 13.6. The predicted octanol–water partition coefficient (Wildman–Crippen LogP) is 4.39. The van der Waals surface area contributed by atoms with Crippen molar-refractivity contribution >= 4 is 5.82 Å². The molecule has 3 aromatic rings. The second-order valence-electron chi connectivity index (χ2n) is 8.09. The molecule has 0 bridgehead atoms. The summed E-state index contributed by atoms with van der Waals surface area (Å²) in [7, 11) is 2.14. The molecule has 1 unspecified atom stereocenters. The van der Waals surface area contributed by atoms with Crippen molar-refractivity contribution < 1.29 is 4.74 Å². The van der Waals surface area contributed by atoms with Gasteiger partial charge in [-0.15, -0.1) is 0 Å². The van der Waals surface area contributed by atoms with Crippen LogP contribution in [-0.2, 0) is 11.3 Å². The molecule has 0 radical (unpaired) electrons. The molecule has 2 aliphatic heterocycles. The minimum Gasteiger partial charge on any atom is -0.381 e. The Kier molecular flexibility index (Phi) is 4.20. The fourth-order valence-electron chi connectivity index (χ4n) is 4.42. The molecular formula is C23H26N4O. The lowest BCUT2D eigenvalue weighted by Crippen LogP contribution is -2.25. The van der Waals surface area contributed by atoms with Crippen LogP contribution in [0.3, 0.4) is 0 Å². The molecule has 0 aliphatic carbocycles. The van der Waals surface area contributed by atoms with Gasteiger partial charge >= 0.3 is 0 Å². The van der Waals surface area contributed by atoms with Gasteiger partial charge in [0.25, 0.3) is 0 Å². The lowest BCUT2D eigenvalue weighted by atomic mass is 9.99. The number of anilines is 1. The third-order valence-corrected chi connectivity index (χ3v) is 5.81. The van der Waals surface area contributed by atoms with Crippen LogP contribution in [-0.4, -0.2) is 35.0 Å². The largest absolute Gasteiger partial charge is 0.381 e. The zero-order valence-corrected chi connectivity index (χ0v) is 16.8. The number of ether oxygens (including phenoxy) is 1. The molecule has 5 rings (SSSR count). The first-order valence-corrected chi connectivity index (χ1v) is 10.1. The maximum atomic E-state index is 5.70. The number of hydrogen-bond acceptors (Lipinski definition) is 4. The van der Waals surface area contributed by atoms with Gasteiger partial charge in [0.2, 0.25) is 0 Å². The highest BCUT2D eigenvalue weighted by Crippen LogP contribution is 2.36. The molecule has 1 fully saturated rings. The molecule has 1 atom stereocenters. The maximum Gasteiger partial charge on any atom is 0.132 e. The number of aromatic nitrogens is 3. The van der Waals surface area contributed by atoms with E-state index < -0.39 is 0 Å². The number of rotatable bonds is 2. The number of nitrogens with zero attached hydrogens (tertiary/aromatic N) is 4. The third kappa shape index (κ3) is 3.00. The van der Waals surface area contributed by atoms with Crippen LogP contribution in [0, 0.1) is 13.8 Å². The first kappa shape index (κ1) is 17.4. The standard InChI is InChI=1S/C23H26N4O/c1-15-9-20(10-16(2)24-15)17-6-7-18-13-26(3)23-12-21(19-5-4-8-28-14-19)25-27(23)22(18)11-17/h6-7,9-12,19H,4-5,8,13-14H2,1-3H3. The van der Waals surface area contributed by atoms with E-state index in [0.29, 0.717) is 5.92 Å². The fourth-order valence-corrected chi connectivity index (χ4v) is 4.42. The van der Waals surface area contributed by atoms with E-state index in [9.17, 15) is 0 Å². The van der Waals surface area contributed by atoms with Crippen LogP contribution in [0.25, 0.3) is 16.8 Å². The molecule has 2 aliphatic rings. The van der Waals surface area contributed by atoms with Crippen LogP contribution in [0.15, 0.2) is 36.4 Å². The molecule has 0 N–H and O–H groups in total. The van der Waals surface area contributed by atoms with Crippen LogP contribution in [0.4, 0.5) is 5.82 Å². The summed E-state index contributed by atoms with van der Waals surface area (Å²) in [4.78, 5) is 6.79. The quantitative estimate of drug-likeness (QED) is 0.667. The van der Waals surface area contributed by atoms with Crippen LogP contribution in [0.2, 0.25) is 0 Å². The Morgan fingerprint density at radius 2 is 1.86 bits per heavy atom. The normalized spacial score (nSPS) is 18.7. The molecule has 28 heavy (non-hydrogen) atoms. The van der Waals surface area contributed by atoms with Gasteiger partial charge in [-0.2, -0.15) is 5.10 Å². The Balaban J connectivity index is 1.59. The average molecular weight is 374 g/mol. The van der Waals surface area contributed by atoms with E-state index in [0.717, 1.165) is 55.5 Å². The molecule has 144 valence electrons. The summed E-state index contributed by atoms with van der Waals surface area (Å²) < 4.78 is 7.81. The van der Waals surface area contributed by atoms with Crippen molar-refractivity contribution in [2.45, 2.75) is 39.2 Å². The van der Waals surface area contributed by atoms with E-state index >= 15 is 0 Å². The van der Waals surface area contributed by atoms with E-state index in [1.165, 1.54) is 22.4 Å². The summed E-state index contributed by atoms with van der Waals surface area (Å²) >= 11 is 0. The molecule has 0 amide bonds. The number of pyridine rings is 1. The maximum absolute atomic E-state index is 5.70. The van der Waals surface area contributed by atoms with E-state index in [4.69, 9.17) is 9.84 Å². The smallest absolute Gasteiger partial charge is 0.132 e. The van der Waals surface area contributed by atoms with Gasteiger partial charge in [-0.25, -0.2) is 4.68 Å². The minimum atomic E-state index is 0.400. The van der Waals surface area contributed by atoms with E-state index in [-0.39, 0.29) is 0 Å². The Morgan fingerprint density at radius 3 is 2.61 bits per heavy atom. The van der Waals surface area contributed by atoms with Gasteiger partial charge in [0.05, 0.1) is 18.0 Å². The second kappa shape index (κ2) is 6.74. The molecule has 1 aromatic carbocycles. The highest BCUT2D eigenvalue weighted by Gasteiger charge is 2.26. The molecule has 2 aromatic heterocycles. The van der Waals surface area contributed by atoms with Gasteiger partial charge in [0.15, 0.2) is 0 Å². The summed E-state index contributed by atoms with van der Waals surface area (Å²) in [5.74, 6) is 1.56. The van der Waals surface area contributed by atoms with Gasteiger partial charge in [0.1, 0.15) is 5.82 Å². The van der Waals surface area contributed by atoms with E-state index in [2.05, 4.69) is 58.0 Å². The van der Waals surface area contributed by atoms with Crippen molar-refractivity contribution in [1.82, 2.24) is 14.8 Å². The minimum absolute atomic E-state index is 0.400. The summed E-state index contributed by atoms with van der Waals surface area (Å²) in [6, 6.07) is 13.3. The summed E-state index contributed by atoms with van der Waals surface area (Å²) in [5.41, 5.74) is 8.15. The summed E-state index contributed by atoms with van der Waals surface area (Å²) in [6.45, 7) is 6.65. The van der Waals surface area contributed by atoms with Gasteiger partial charge in [0, 0.05) is 43.6 Å². The Hall–Kier alpha value is -2.66. The van der Waals surface area contributed by atoms with Crippen molar-refractivity contribution in [3.8, 4) is 16.8 Å². The van der Waals surface area contributed by atoms with Crippen LogP contribution < -0.4 is 4.90 Å². The van der Waals surface area contributed by atoms with Gasteiger partial charge in [-0.05, 0) is 61.6 Å². The SMILES string of the molecule is Cc1cc(-c2ccc3c(c2)-n2nc(C4CCCOC4)cc2N(C)C3)cc(C)n1. The van der Waals surface area contributed by atoms with Crippen LogP contribution in [0.5, 0.6) is 0 Å². The predicted molar refractivity (Wildman–Crippen MR) is 111 cm³/mol. The van der Waals surface area contributed by atoms with Gasteiger partial charge in [-0.3, -0.25) is 4.98 Å². The second-order valence-corrected chi connectivity index (χ2v) is 8.09. The molecule has 0 spiro atoms. The van der Waals surface area contributed by atoms with Crippen molar-refractivity contribution in [3.05, 3.63) is 59.0 Å². The zero-order chi connectivity index (χ0) is 19.3. The topological polar surface area (TPSA) is 43.2 Å². The number of aryl methyl sites for hydroxylation is 2. The van der Waals surface area contributed by atoms with Crippen molar-refractivity contribution in [1.29, 1.82) is 0 Å².